The normalized spacial score (nSPS) is 15.0. The molecule has 0 spiro atoms. The largest absolute Gasteiger partial charge is 0.508 e. The average molecular weight is 312 g/mol. The third kappa shape index (κ3) is 2.78. The van der Waals surface area contributed by atoms with Crippen LogP contribution in [-0.2, 0) is 5.60 Å². The lowest BCUT2D eigenvalue weighted by atomic mass is 9.82. The van der Waals surface area contributed by atoms with Crippen molar-refractivity contribution in [1.82, 2.24) is 0 Å². The molecule has 2 aromatic rings. The van der Waals surface area contributed by atoms with Gasteiger partial charge in [-0.25, -0.2) is 0 Å². The van der Waals surface area contributed by atoms with Gasteiger partial charge in [-0.2, -0.15) is 0 Å². The highest BCUT2D eigenvalue weighted by molar-refractivity contribution is 5.60. The van der Waals surface area contributed by atoms with Crippen molar-refractivity contribution in [1.29, 1.82) is 0 Å². The van der Waals surface area contributed by atoms with Crippen molar-refractivity contribution in [3.8, 4) is 23.0 Å². The van der Waals surface area contributed by atoms with E-state index >= 15 is 0 Å². The maximum atomic E-state index is 11.3. The Balaban J connectivity index is 2.12. The number of aromatic hydroxyl groups is 2. The summed E-state index contributed by atoms with van der Waals surface area (Å²) in [7, 11) is 0. The fraction of sp³-hybridized carbons (Fsp3) is 0.263. The Kier molecular flexibility index (Phi) is 4.01. The number of allylic oxidation sites excluding steroid dienone is 1. The first-order valence-electron chi connectivity index (χ1n) is 7.79. The molecule has 0 fully saturated rings. The zero-order valence-electron chi connectivity index (χ0n) is 13.0. The predicted molar refractivity (Wildman–Crippen MR) is 88.0 cm³/mol. The Morgan fingerprint density at radius 3 is 2.09 bits per heavy atom. The zero-order chi connectivity index (χ0) is 16.4. The Bertz CT molecular complexity index is 698. The molecule has 1 heterocycles. The third-order valence-corrected chi connectivity index (χ3v) is 4.05. The van der Waals surface area contributed by atoms with Crippen LogP contribution in [0, 0.1) is 0 Å². The zero-order valence-corrected chi connectivity index (χ0v) is 13.0. The van der Waals surface area contributed by atoms with Crippen molar-refractivity contribution in [3.63, 3.8) is 0 Å². The lowest BCUT2D eigenvalue weighted by Gasteiger charge is -2.34. The molecule has 3 N–H and O–H groups in total. The summed E-state index contributed by atoms with van der Waals surface area (Å²) in [6.07, 6.45) is 6.73. The predicted octanol–water partition coefficient (Wildman–Crippen LogP) is 4.19. The Labute approximate surface area is 135 Å². The van der Waals surface area contributed by atoms with Crippen LogP contribution in [0.4, 0.5) is 0 Å². The number of ether oxygens (including phenoxy) is 1. The number of hydrogen-bond acceptors (Lipinski definition) is 4. The molecule has 3 rings (SSSR count). The highest BCUT2D eigenvalue weighted by atomic mass is 16.5. The molecule has 0 saturated heterocycles. The molecule has 0 bridgehead atoms. The van der Waals surface area contributed by atoms with E-state index in [1.54, 1.807) is 18.2 Å². The molecule has 4 heteroatoms. The standard InChI is InChI=1S/C19H20O4/c1-2-3-4-5-10-19(22)15-8-6-13(20)11-17(15)23-18-12-14(21)7-9-16(18)19/h5-12,20-22H,2-4H2,1H3/b10-5+. The number of unbranched alkanes of at least 4 members (excludes halogenated alkanes) is 2. The SMILES string of the molecule is CCCC/C=C/C1(O)c2ccc(O)cc2Oc2cc(O)ccc21. The van der Waals surface area contributed by atoms with E-state index in [1.807, 2.05) is 6.08 Å². The monoisotopic (exact) mass is 312 g/mol. The highest BCUT2D eigenvalue weighted by Gasteiger charge is 2.38. The summed E-state index contributed by atoms with van der Waals surface area (Å²) in [6, 6.07) is 9.30. The van der Waals surface area contributed by atoms with Gasteiger partial charge in [0.05, 0.1) is 0 Å². The first-order chi connectivity index (χ1) is 11.0. The van der Waals surface area contributed by atoms with Gasteiger partial charge in [0, 0.05) is 23.3 Å². The quantitative estimate of drug-likeness (QED) is 0.585. The van der Waals surface area contributed by atoms with E-state index in [0.29, 0.717) is 22.6 Å². The second-order valence-corrected chi connectivity index (χ2v) is 5.77. The topological polar surface area (TPSA) is 69.9 Å². The van der Waals surface area contributed by atoms with Crippen molar-refractivity contribution in [2.75, 3.05) is 0 Å². The van der Waals surface area contributed by atoms with Gasteiger partial charge in [-0.15, -0.1) is 0 Å². The van der Waals surface area contributed by atoms with E-state index in [0.717, 1.165) is 19.3 Å². The molecule has 0 unspecified atom stereocenters. The molecule has 0 radical (unpaired) electrons. The van der Waals surface area contributed by atoms with Crippen LogP contribution in [0.3, 0.4) is 0 Å². The van der Waals surface area contributed by atoms with Gasteiger partial charge in [-0.05, 0) is 36.8 Å². The summed E-state index contributed by atoms with van der Waals surface area (Å²) in [4.78, 5) is 0. The van der Waals surface area contributed by atoms with Crippen molar-refractivity contribution in [2.45, 2.75) is 31.8 Å². The van der Waals surface area contributed by atoms with Gasteiger partial charge in [0.15, 0.2) is 0 Å². The molecule has 1 aliphatic rings. The summed E-state index contributed by atoms with van der Waals surface area (Å²) in [5.41, 5.74) is -0.208. The van der Waals surface area contributed by atoms with E-state index in [2.05, 4.69) is 6.92 Å². The Hall–Kier alpha value is -2.46. The number of hydrogen-bond donors (Lipinski definition) is 3. The van der Waals surface area contributed by atoms with Crippen LogP contribution < -0.4 is 4.74 Å². The van der Waals surface area contributed by atoms with Gasteiger partial charge in [-0.1, -0.05) is 25.8 Å². The third-order valence-electron chi connectivity index (χ3n) is 4.05. The second kappa shape index (κ2) is 5.97. The molecule has 0 aromatic heterocycles. The van der Waals surface area contributed by atoms with Crippen LogP contribution in [-0.4, -0.2) is 15.3 Å². The fourth-order valence-corrected chi connectivity index (χ4v) is 2.84. The number of rotatable bonds is 4. The van der Waals surface area contributed by atoms with E-state index < -0.39 is 5.60 Å². The van der Waals surface area contributed by atoms with Gasteiger partial charge in [0.2, 0.25) is 0 Å². The molecule has 1 aliphatic heterocycles. The van der Waals surface area contributed by atoms with Crippen molar-refractivity contribution >= 4 is 0 Å². The second-order valence-electron chi connectivity index (χ2n) is 5.77. The minimum absolute atomic E-state index is 0.0599. The van der Waals surface area contributed by atoms with Crippen LogP contribution in [0.1, 0.15) is 37.3 Å². The van der Waals surface area contributed by atoms with Crippen LogP contribution in [0.15, 0.2) is 48.6 Å². The summed E-state index contributed by atoms with van der Waals surface area (Å²) in [5.74, 6) is 0.880. The van der Waals surface area contributed by atoms with E-state index in [1.165, 1.54) is 24.3 Å². The van der Waals surface area contributed by atoms with Gasteiger partial charge < -0.3 is 20.1 Å². The molecule has 4 nitrogen and oxygen atoms in total. The first kappa shape index (κ1) is 15.4. The van der Waals surface area contributed by atoms with Crippen LogP contribution in [0.5, 0.6) is 23.0 Å². The lowest BCUT2D eigenvalue weighted by molar-refractivity contribution is 0.120. The van der Waals surface area contributed by atoms with Crippen LogP contribution in [0.25, 0.3) is 0 Å². The minimum atomic E-state index is -1.35. The summed E-state index contributed by atoms with van der Waals surface area (Å²) < 4.78 is 5.75. The number of aliphatic hydroxyl groups is 1. The van der Waals surface area contributed by atoms with Gasteiger partial charge in [0.1, 0.15) is 28.6 Å². The van der Waals surface area contributed by atoms with Crippen LogP contribution >= 0.6 is 0 Å². The number of fused-ring (bicyclic) bond motifs is 2. The Morgan fingerprint density at radius 2 is 1.57 bits per heavy atom. The van der Waals surface area contributed by atoms with Crippen molar-refractivity contribution in [3.05, 3.63) is 59.7 Å². The summed E-state index contributed by atoms with van der Waals surface area (Å²) in [6.45, 7) is 2.12. The van der Waals surface area contributed by atoms with Crippen molar-refractivity contribution < 1.29 is 20.1 Å². The van der Waals surface area contributed by atoms with Gasteiger partial charge in [-0.3, -0.25) is 0 Å². The van der Waals surface area contributed by atoms with Crippen molar-refractivity contribution in [2.24, 2.45) is 0 Å². The molecule has 0 atom stereocenters. The highest BCUT2D eigenvalue weighted by Crippen LogP contribution is 2.49. The lowest BCUT2D eigenvalue weighted by Crippen LogP contribution is -2.28. The first-order valence-corrected chi connectivity index (χ1v) is 7.79. The molecule has 0 amide bonds. The maximum absolute atomic E-state index is 11.3. The molecule has 0 aliphatic carbocycles. The molecule has 23 heavy (non-hydrogen) atoms. The van der Waals surface area contributed by atoms with E-state index in [-0.39, 0.29) is 11.5 Å². The number of benzene rings is 2. The summed E-state index contributed by atoms with van der Waals surface area (Å²) in [5, 5.41) is 30.7. The smallest absolute Gasteiger partial charge is 0.140 e. The number of phenols is 2. The van der Waals surface area contributed by atoms with E-state index in [9.17, 15) is 15.3 Å². The summed E-state index contributed by atoms with van der Waals surface area (Å²) >= 11 is 0. The van der Waals surface area contributed by atoms with E-state index in [4.69, 9.17) is 4.74 Å². The number of phenolic OH excluding ortho intramolecular Hbond substituents is 2. The molecular weight excluding hydrogens is 292 g/mol. The maximum Gasteiger partial charge on any atom is 0.140 e. The molecular formula is C19H20O4. The van der Waals surface area contributed by atoms with Crippen LogP contribution in [0.2, 0.25) is 0 Å². The van der Waals surface area contributed by atoms with Gasteiger partial charge in [0.25, 0.3) is 0 Å². The average Bonchev–Trinajstić information content (AvgIpc) is 2.51. The fourth-order valence-electron chi connectivity index (χ4n) is 2.84. The Morgan fingerprint density at radius 1 is 1.00 bits per heavy atom. The van der Waals surface area contributed by atoms with Gasteiger partial charge >= 0.3 is 0 Å². The molecule has 2 aromatic carbocycles. The molecule has 120 valence electrons. The molecule has 0 saturated carbocycles. The minimum Gasteiger partial charge on any atom is -0.508 e.